The van der Waals surface area contributed by atoms with Gasteiger partial charge in [0.25, 0.3) is 0 Å². The first-order valence-corrected chi connectivity index (χ1v) is 12.3. The zero-order valence-corrected chi connectivity index (χ0v) is 20.3. The summed E-state index contributed by atoms with van der Waals surface area (Å²) in [4.78, 5) is 49.2. The van der Waals surface area contributed by atoms with E-state index in [1.165, 1.54) is 12.2 Å². The first-order valence-electron chi connectivity index (χ1n) is 12.3. The number of hydrogen-bond donors (Lipinski definition) is 4. The SMILES string of the molecule is C[C@@H]1C(O)[C@H]2C3C[C@@H](F)C4=CC(=O)C=C[C@]4(C)C34OC4C[C@]2(C)C1(CC(=O)O)C(=O)C(O)CC(=O)O. The van der Waals surface area contributed by atoms with Crippen molar-refractivity contribution in [2.75, 3.05) is 0 Å². The van der Waals surface area contributed by atoms with Crippen LogP contribution in [0.25, 0.3) is 0 Å². The Hall–Kier alpha value is -2.43. The quantitative estimate of drug-likeness (QED) is 0.391. The Morgan fingerprint density at radius 3 is 2.50 bits per heavy atom. The molecule has 1 spiro atoms. The van der Waals surface area contributed by atoms with Crippen molar-refractivity contribution in [1.82, 2.24) is 0 Å². The Morgan fingerprint density at radius 1 is 1.22 bits per heavy atom. The smallest absolute Gasteiger partial charge is 0.306 e. The average Bonchev–Trinajstić information content (AvgIpc) is 3.48. The van der Waals surface area contributed by atoms with Crippen molar-refractivity contribution >= 4 is 23.5 Å². The minimum atomic E-state index is -1.96. The van der Waals surface area contributed by atoms with Gasteiger partial charge >= 0.3 is 11.9 Å². The first-order chi connectivity index (χ1) is 16.7. The van der Waals surface area contributed by atoms with Gasteiger partial charge in [-0.1, -0.05) is 19.9 Å². The van der Waals surface area contributed by atoms with E-state index in [4.69, 9.17) is 9.84 Å². The number of allylic oxidation sites excluding steroid dienone is 2. The lowest BCUT2D eigenvalue weighted by Gasteiger charge is -2.57. The summed E-state index contributed by atoms with van der Waals surface area (Å²) in [5.74, 6) is -6.28. The van der Waals surface area contributed by atoms with E-state index in [0.717, 1.165) is 0 Å². The van der Waals surface area contributed by atoms with Gasteiger partial charge in [-0.2, -0.15) is 0 Å². The molecule has 0 aromatic heterocycles. The number of ketones is 2. The fourth-order valence-electron chi connectivity index (χ4n) is 8.90. The fourth-order valence-corrected chi connectivity index (χ4v) is 8.90. The lowest BCUT2D eigenvalue weighted by atomic mass is 9.44. The lowest BCUT2D eigenvalue weighted by molar-refractivity contribution is -0.163. The van der Waals surface area contributed by atoms with Gasteiger partial charge in [0, 0.05) is 11.3 Å². The Balaban J connectivity index is 1.65. The number of alkyl halides is 1. The van der Waals surface area contributed by atoms with Crippen LogP contribution in [0.15, 0.2) is 23.8 Å². The Morgan fingerprint density at radius 2 is 1.89 bits per heavy atom. The molecule has 4 N–H and O–H groups in total. The van der Waals surface area contributed by atoms with Crippen molar-refractivity contribution in [3.05, 3.63) is 23.8 Å². The molecule has 0 amide bonds. The van der Waals surface area contributed by atoms with Gasteiger partial charge in [0.1, 0.15) is 17.9 Å². The molecule has 0 aromatic carbocycles. The molecule has 10 heteroatoms. The van der Waals surface area contributed by atoms with Gasteiger partial charge in [-0.25, -0.2) is 4.39 Å². The van der Waals surface area contributed by atoms with Crippen LogP contribution in [0.4, 0.5) is 4.39 Å². The number of aliphatic carboxylic acids is 2. The van der Waals surface area contributed by atoms with Crippen LogP contribution in [0, 0.1) is 34.0 Å². The number of aliphatic hydroxyl groups is 2. The molecule has 1 aliphatic heterocycles. The number of hydrogen-bond acceptors (Lipinski definition) is 7. The molecule has 11 atom stereocenters. The standard InChI is InChI=1S/C26H31FO9/c1-11-21(34)20-14-7-15(27)13-6-12(28)4-5-23(13,2)26(14)17(36-26)9-24(20,3)25(11,10-19(32)33)22(35)16(29)8-18(30)31/h4-6,11,14-17,20-21,29,34H,7-10H2,1-3H3,(H,30,31)(H,32,33)/t11-,14?,15-,16?,17?,20-,21?,23+,24+,25?,26?/m1/s1. The normalized spacial score (nSPS) is 49.2. The number of halogens is 1. The zero-order valence-electron chi connectivity index (χ0n) is 20.3. The maximum atomic E-state index is 15.7. The monoisotopic (exact) mass is 506 g/mol. The molecule has 0 radical (unpaired) electrons. The Kier molecular flexibility index (Phi) is 5.29. The van der Waals surface area contributed by atoms with Crippen LogP contribution >= 0.6 is 0 Å². The van der Waals surface area contributed by atoms with E-state index < -0.39 is 94.6 Å². The largest absolute Gasteiger partial charge is 0.481 e. The maximum absolute atomic E-state index is 15.7. The lowest BCUT2D eigenvalue weighted by Crippen LogP contribution is -2.62. The number of carboxylic acid groups (broad SMARTS) is 2. The minimum absolute atomic E-state index is 0.0713. The van der Waals surface area contributed by atoms with Crippen LogP contribution in [0.5, 0.6) is 0 Å². The number of carbonyl (C=O) groups excluding carboxylic acids is 2. The fraction of sp³-hybridized carbons (Fsp3) is 0.692. The summed E-state index contributed by atoms with van der Waals surface area (Å²) in [6.45, 7) is 5.04. The van der Waals surface area contributed by atoms with E-state index in [-0.39, 0.29) is 18.6 Å². The van der Waals surface area contributed by atoms with Crippen LogP contribution < -0.4 is 0 Å². The second-order valence-corrected chi connectivity index (χ2v) is 11.7. The van der Waals surface area contributed by atoms with Gasteiger partial charge in [0.2, 0.25) is 0 Å². The highest BCUT2D eigenvalue weighted by atomic mass is 19.1. The maximum Gasteiger partial charge on any atom is 0.306 e. The van der Waals surface area contributed by atoms with Crippen LogP contribution in [-0.4, -0.2) is 74.0 Å². The molecule has 4 aliphatic carbocycles. The predicted molar refractivity (Wildman–Crippen MR) is 120 cm³/mol. The average molecular weight is 507 g/mol. The molecule has 36 heavy (non-hydrogen) atoms. The summed E-state index contributed by atoms with van der Waals surface area (Å²) in [5.41, 5.74) is -4.57. The van der Waals surface area contributed by atoms with Gasteiger partial charge < -0.3 is 25.2 Å². The molecule has 3 saturated carbocycles. The third-order valence-electron chi connectivity index (χ3n) is 10.4. The minimum Gasteiger partial charge on any atom is -0.481 e. The Bertz CT molecular complexity index is 1130. The number of ether oxygens (including phenoxy) is 1. The van der Waals surface area contributed by atoms with Gasteiger partial charge in [-0.05, 0) is 54.7 Å². The summed E-state index contributed by atoms with van der Waals surface area (Å²) >= 11 is 0. The van der Waals surface area contributed by atoms with Gasteiger partial charge in [-0.15, -0.1) is 0 Å². The molecule has 1 heterocycles. The molecular formula is C26H31FO9. The highest BCUT2D eigenvalue weighted by molar-refractivity contribution is 6.01. The van der Waals surface area contributed by atoms with E-state index in [0.29, 0.717) is 5.57 Å². The van der Waals surface area contributed by atoms with Crippen LogP contribution in [0.2, 0.25) is 0 Å². The number of fused-ring (bicyclic) bond motifs is 3. The molecule has 5 aliphatic rings. The van der Waals surface area contributed by atoms with Gasteiger partial charge in [0.05, 0.1) is 30.5 Å². The van der Waals surface area contributed by atoms with Crippen molar-refractivity contribution in [1.29, 1.82) is 0 Å². The van der Waals surface area contributed by atoms with Crippen LogP contribution in [0.1, 0.15) is 46.5 Å². The van der Waals surface area contributed by atoms with E-state index in [9.17, 15) is 34.5 Å². The summed E-state index contributed by atoms with van der Waals surface area (Å²) in [7, 11) is 0. The molecular weight excluding hydrogens is 475 g/mol. The number of Topliss-reactive ketones (excluding diaryl/α,β-unsaturated/α-hetero) is 1. The predicted octanol–water partition coefficient (Wildman–Crippen LogP) is 1.46. The van der Waals surface area contributed by atoms with Gasteiger partial charge in [-0.3, -0.25) is 19.2 Å². The third-order valence-corrected chi connectivity index (χ3v) is 10.4. The second kappa shape index (κ2) is 7.55. The second-order valence-electron chi connectivity index (χ2n) is 11.7. The number of aliphatic hydroxyl groups excluding tert-OH is 2. The van der Waals surface area contributed by atoms with Gasteiger partial charge in [0.15, 0.2) is 11.6 Å². The van der Waals surface area contributed by atoms with Crippen molar-refractivity contribution in [2.24, 2.45) is 34.0 Å². The summed E-state index contributed by atoms with van der Waals surface area (Å²) in [6.07, 6.45) is -2.36. The van der Waals surface area contributed by atoms with Crippen molar-refractivity contribution in [2.45, 2.75) is 76.5 Å². The first kappa shape index (κ1) is 25.2. The van der Waals surface area contributed by atoms with Crippen molar-refractivity contribution in [3.8, 4) is 0 Å². The molecule has 9 nitrogen and oxygen atoms in total. The van der Waals surface area contributed by atoms with Crippen molar-refractivity contribution in [3.63, 3.8) is 0 Å². The van der Waals surface area contributed by atoms with E-state index >= 15 is 4.39 Å². The third kappa shape index (κ3) is 2.80. The van der Waals surface area contributed by atoms with Crippen LogP contribution in [-0.2, 0) is 23.9 Å². The number of carbonyl (C=O) groups is 4. The molecule has 0 aromatic rings. The molecule has 196 valence electrons. The molecule has 5 rings (SSSR count). The number of epoxide rings is 1. The molecule has 1 saturated heterocycles. The zero-order chi connectivity index (χ0) is 26.6. The van der Waals surface area contributed by atoms with E-state index in [1.54, 1.807) is 26.8 Å². The number of rotatable bonds is 6. The highest BCUT2D eigenvalue weighted by Crippen LogP contribution is 2.78. The highest BCUT2D eigenvalue weighted by Gasteiger charge is 2.84. The Labute approximate surface area is 207 Å². The molecule has 0 bridgehead atoms. The number of carboxylic acids is 2. The molecule has 4 fully saturated rings. The van der Waals surface area contributed by atoms with E-state index in [1.807, 2.05) is 0 Å². The summed E-state index contributed by atoms with van der Waals surface area (Å²) in [6, 6.07) is 0. The topological polar surface area (TPSA) is 162 Å². The molecule has 6 unspecified atom stereocenters. The summed E-state index contributed by atoms with van der Waals surface area (Å²) in [5, 5.41) is 41.2. The van der Waals surface area contributed by atoms with Crippen molar-refractivity contribution < 1.29 is 48.7 Å². The summed E-state index contributed by atoms with van der Waals surface area (Å²) < 4.78 is 22.0. The van der Waals surface area contributed by atoms with E-state index in [2.05, 4.69) is 0 Å². The van der Waals surface area contributed by atoms with Crippen LogP contribution in [0.3, 0.4) is 0 Å².